The predicted octanol–water partition coefficient (Wildman–Crippen LogP) is 4.89. The Morgan fingerprint density at radius 2 is 2.16 bits per heavy atom. The Kier molecular flexibility index (Phi) is 3.96. The molecule has 0 saturated carbocycles. The van der Waals surface area contributed by atoms with Gasteiger partial charge in [-0.25, -0.2) is 9.97 Å². The molecule has 1 aromatic carbocycles. The fraction of sp³-hybridized carbons (Fsp3) is 0.167. The topological polar surface area (TPSA) is 90.1 Å². The van der Waals surface area contributed by atoms with Crippen LogP contribution in [0.2, 0.25) is 0 Å². The summed E-state index contributed by atoms with van der Waals surface area (Å²) in [5.41, 5.74) is 2.62. The van der Waals surface area contributed by atoms with E-state index in [0.717, 1.165) is 33.1 Å². The summed E-state index contributed by atoms with van der Waals surface area (Å²) in [6.45, 7) is 2.54. The lowest BCUT2D eigenvalue weighted by Gasteiger charge is -1.96. The molecule has 0 aliphatic carbocycles. The number of nitrogens with one attached hydrogen (secondary N) is 1. The van der Waals surface area contributed by atoms with Gasteiger partial charge in [-0.05, 0) is 30.7 Å². The zero-order valence-electron chi connectivity index (χ0n) is 13.5. The molecule has 0 aliphatic rings. The summed E-state index contributed by atoms with van der Waals surface area (Å²) in [6.07, 6.45) is 4.39. The van der Waals surface area contributed by atoms with Crippen LogP contribution in [0, 0.1) is 11.3 Å². The molecule has 4 aromatic rings. The molecule has 0 spiro atoms. The molecule has 0 unspecified atom stereocenters. The number of benzene rings is 1. The Balaban J connectivity index is 1.63. The fourth-order valence-corrected chi connectivity index (χ4v) is 3.63. The minimum absolute atomic E-state index is 0.422. The third-order valence-electron chi connectivity index (χ3n) is 4.01. The molecule has 0 saturated heterocycles. The lowest BCUT2D eigenvalue weighted by molar-refractivity contribution is 0.954. The van der Waals surface area contributed by atoms with Crippen LogP contribution in [0.5, 0.6) is 0 Å². The molecule has 0 aliphatic heterocycles. The van der Waals surface area contributed by atoms with Crippen molar-refractivity contribution in [3.05, 3.63) is 52.8 Å². The summed E-state index contributed by atoms with van der Waals surface area (Å²) < 4.78 is 0. The highest BCUT2D eigenvalue weighted by Gasteiger charge is 2.08. The van der Waals surface area contributed by atoms with Crippen LogP contribution in [0.1, 0.15) is 22.9 Å². The highest BCUT2D eigenvalue weighted by Crippen LogP contribution is 2.30. The average Bonchev–Trinajstić information content (AvgIpc) is 3.25. The standard InChI is InChI=1S/C18H14N6S/c1-2-13-6-15-17(21-10-22-18(15)25-13)24-23-9-12-8-20-16-4-3-11(7-19)5-14(12)16/h3-6,8,10,20H,2,9H2,1H3. The van der Waals surface area contributed by atoms with Crippen LogP contribution in [-0.4, -0.2) is 15.0 Å². The molecule has 0 atom stereocenters. The molecule has 7 heteroatoms. The second-order valence-electron chi connectivity index (χ2n) is 5.57. The number of H-pyrrole nitrogens is 1. The number of aryl methyl sites for hydroxylation is 1. The average molecular weight is 346 g/mol. The van der Waals surface area contributed by atoms with Gasteiger partial charge in [-0.2, -0.15) is 10.4 Å². The van der Waals surface area contributed by atoms with Gasteiger partial charge in [-0.1, -0.05) is 6.92 Å². The first-order valence-electron chi connectivity index (χ1n) is 7.89. The fourth-order valence-electron chi connectivity index (χ4n) is 2.70. The summed E-state index contributed by atoms with van der Waals surface area (Å²) in [5, 5.41) is 19.6. The number of hydrogen-bond acceptors (Lipinski definition) is 6. The maximum absolute atomic E-state index is 9.06. The zero-order valence-corrected chi connectivity index (χ0v) is 14.3. The van der Waals surface area contributed by atoms with Crippen LogP contribution < -0.4 is 0 Å². The largest absolute Gasteiger partial charge is 0.361 e. The van der Waals surface area contributed by atoms with Crippen molar-refractivity contribution >= 4 is 38.3 Å². The van der Waals surface area contributed by atoms with E-state index < -0.39 is 0 Å². The molecule has 3 heterocycles. The summed E-state index contributed by atoms with van der Waals surface area (Å²) in [7, 11) is 0. The minimum Gasteiger partial charge on any atom is -0.361 e. The van der Waals surface area contributed by atoms with Crippen molar-refractivity contribution in [2.45, 2.75) is 19.9 Å². The van der Waals surface area contributed by atoms with E-state index >= 15 is 0 Å². The normalized spacial score (nSPS) is 11.5. The van der Waals surface area contributed by atoms with Gasteiger partial charge in [0.1, 0.15) is 11.2 Å². The first-order chi connectivity index (χ1) is 12.3. The SMILES string of the molecule is CCc1cc2c(N=NCc3c[nH]c4ccc(C#N)cc34)ncnc2s1. The first kappa shape index (κ1) is 15.4. The summed E-state index contributed by atoms with van der Waals surface area (Å²) in [4.78, 5) is 13.9. The maximum atomic E-state index is 9.06. The van der Waals surface area contributed by atoms with E-state index in [-0.39, 0.29) is 0 Å². The first-order valence-corrected chi connectivity index (χ1v) is 8.71. The highest BCUT2D eigenvalue weighted by molar-refractivity contribution is 7.18. The second-order valence-corrected chi connectivity index (χ2v) is 6.68. The Hall–Kier alpha value is -3.11. The van der Waals surface area contributed by atoms with Gasteiger partial charge in [0, 0.05) is 27.5 Å². The van der Waals surface area contributed by atoms with Crippen molar-refractivity contribution in [3.63, 3.8) is 0 Å². The van der Waals surface area contributed by atoms with Gasteiger partial charge in [-0.15, -0.1) is 16.5 Å². The van der Waals surface area contributed by atoms with Crippen LogP contribution in [-0.2, 0) is 13.0 Å². The molecule has 0 bridgehead atoms. The minimum atomic E-state index is 0.422. The van der Waals surface area contributed by atoms with Gasteiger partial charge in [0.15, 0.2) is 5.82 Å². The zero-order chi connectivity index (χ0) is 17.2. The third kappa shape index (κ3) is 2.88. The molecule has 122 valence electrons. The molecule has 6 nitrogen and oxygen atoms in total. The molecular formula is C18H14N6S. The number of nitrogens with zero attached hydrogens (tertiary/aromatic N) is 5. The number of rotatable bonds is 4. The monoisotopic (exact) mass is 346 g/mol. The van der Waals surface area contributed by atoms with Crippen LogP contribution in [0.15, 0.2) is 47.0 Å². The van der Waals surface area contributed by atoms with E-state index in [2.05, 4.69) is 44.2 Å². The molecular weight excluding hydrogens is 332 g/mol. The van der Waals surface area contributed by atoms with E-state index in [9.17, 15) is 0 Å². The third-order valence-corrected chi connectivity index (χ3v) is 5.20. The smallest absolute Gasteiger partial charge is 0.185 e. The van der Waals surface area contributed by atoms with E-state index in [1.54, 1.807) is 17.4 Å². The van der Waals surface area contributed by atoms with Crippen molar-refractivity contribution in [2.75, 3.05) is 0 Å². The molecule has 1 N–H and O–H groups in total. The number of fused-ring (bicyclic) bond motifs is 2. The van der Waals surface area contributed by atoms with Gasteiger partial charge >= 0.3 is 0 Å². The summed E-state index contributed by atoms with van der Waals surface area (Å²) in [6, 6.07) is 9.81. The van der Waals surface area contributed by atoms with Crippen LogP contribution in [0.4, 0.5) is 5.82 Å². The van der Waals surface area contributed by atoms with Crippen molar-refractivity contribution in [2.24, 2.45) is 10.2 Å². The quantitative estimate of drug-likeness (QED) is 0.533. The molecule has 4 rings (SSSR count). The number of nitriles is 1. The summed E-state index contributed by atoms with van der Waals surface area (Å²) >= 11 is 1.66. The number of thiophene rings is 1. The molecule has 25 heavy (non-hydrogen) atoms. The van der Waals surface area contributed by atoms with E-state index in [4.69, 9.17) is 5.26 Å². The number of azo groups is 1. The van der Waals surface area contributed by atoms with Crippen molar-refractivity contribution in [1.29, 1.82) is 5.26 Å². The number of aromatic nitrogens is 3. The lowest BCUT2D eigenvalue weighted by atomic mass is 10.1. The van der Waals surface area contributed by atoms with Crippen LogP contribution in [0.25, 0.3) is 21.1 Å². The summed E-state index contributed by atoms with van der Waals surface area (Å²) in [5.74, 6) is 0.596. The molecule has 0 amide bonds. The Bertz CT molecular complexity index is 1130. The van der Waals surface area contributed by atoms with Crippen LogP contribution in [0.3, 0.4) is 0 Å². The van der Waals surface area contributed by atoms with Gasteiger partial charge in [-0.3, -0.25) is 0 Å². The van der Waals surface area contributed by atoms with Gasteiger partial charge < -0.3 is 4.98 Å². The van der Waals surface area contributed by atoms with Crippen molar-refractivity contribution in [3.8, 4) is 6.07 Å². The Morgan fingerprint density at radius 1 is 1.24 bits per heavy atom. The Morgan fingerprint density at radius 3 is 3.00 bits per heavy atom. The number of hydrogen-bond donors (Lipinski definition) is 1. The molecule has 0 fully saturated rings. The van der Waals surface area contributed by atoms with Crippen molar-refractivity contribution < 1.29 is 0 Å². The van der Waals surface area contributed by atoms with E-state index in [1.165, 1.54) is 11.2 Å². The second kappa shape index (κ2) is 6.42. The van der Waals surface area contributed by atoms with Gasteiger partial charge in [0.05, 0.1) is 23.6 Å². The maximum Gasteiger partial charge on any atom is 0.185 e. The molecule has 3 aromatic heterocycles. The predicted molar refractivity (Wildman–Crippen MR) is 98.0 cm³/mol. The van der Waals surface area contributed by atoms with Crippen LogP contribution >= 0.6 is 11.3 Å². The lowest BCUT2D eigenvalue weighted by Crippen LogP contribution is -1.81. The highest BCUT2D eigenvalue weighted by atomic mass is 32.1. The molecule has 0 radical (unpaired) electrons. The Labute approximate surface area is 147 Å². The number of aromatic amines is 1. The van der Waals surface area contributed by atoms with Crippen molar-refractivity contribution in [1.82, 2.24) is 15.0 Å². The van der Waals surface area contributed by atoms with Gasteiger partial charge in [0.2, 0.25) is 0 Å². The van der Waals surface area contributed by atoms with Gasteiger partial charge in [0.25, 0.3) is 0 Å². The van der Waals surface area contributed by atoms with E-state index in [0.29, 0.717) is 17.9 Å². The van der Waals surface area contributed by atoms with E-state index in [1.807, 2.05) is 18.3 Å².